The first-order valence-corrected chi connectivity index (χ1v) is 5.64. The predicted molar refractivity (Wildman–Crippen MR) is 65.9 cm³/mol. The van der Waals surface area contributed by atoms with Crippen LogP contribution in [0.15, 0.2) is 24.3 Å². The van der Waals surface area contributed by atoms with Crippen LogP contribution in [0.5, 0.6) is 0 Å². The average Bonchev–Trinajstić information content (AvgIpc) is 2.27. The van der Waals surface area contributed by atoms with Gasteiger partial charge in [-0.15, -0.1) is 0 Å². The van der Waals surface area contributed by atoms with Gasteiger partial charge in [-0.3, -0.25) is 4.79 Å². The van der Waals surface area contributed by atoms with E-state index in [1.165, 1.54) is 5.56 Å². The monoisotopic (exact) mass is 220 g/mol. The minimum absolute atomic E-state index is 0.00285. The van der Waals surface area contributed by atoms with Crippen molar-refractivity contribution in [3.05, 3.63) is 35.4 Å². The number of nitrogens with two attached hydrogens (primary N) is 1. The summed E-state index contributed by atoms with van der Waals surface area (Å²) < 4.78 is 0. The Bertz CT molecular complexity index is 343. The molecule has 0 fully saturated rings. The SMILES string of the molecule is CCN(Cc1ccc(C)cc1)C(=O)[C@H](C)N. The molecule has 3 nitrogen and oxygen atoms in total. The summed E-state index contributed by atoms with van der Waals surface area (Å²) in [5, 5.41) is 0. The van der Waals surface area contributed by atoms with Crippen LogP contribution in [0.4, 0.5) is 0 Å². The Morgan fingerprint density at radius 3 is 2.38 bits per heavy atom. The molecule has 0 aromatic heterocycles. The van der Waals surface area contributed by atoms with Crippen molar-refractivity contribution < 1.29 is 4.79 Å². The molecule has 0 aliphatic carbocycles. The van der Waals surface area contributed by atoms with Gasteiger partial charge < -0.3 is 10.6 Å². The van der Waals surface area contributed by atoms with Crippen molar-refractivity contribution >= 4 is 5.91 Å². The van der Waals surface area contributed by atoms with Crippen molar-refractivity contribution in [3.63, 3.8) is 0 Å². The fourth-order valence-corrected chi connectivity index (χ4v) is 1.55. The van der Waals surface area contributed by atoms with Gasteiger partial charge in [0.25, 0.3) is 0 Å². The standard InChI is InChI=1S/C13H20N2O/c1-4-15(13(16)11(3)14)9-12-7-5-10(2)6-8-12/h5-8,11H,4,9,14H2,1-3H3/t11-/m0/s1. The number of aryl methyl sites for hydroxylation is 1. The molecule has 1 atom stereocenters. The van der Waals surface area contributed by atoms with Gasteiger partial charge in [-0.25, -0.2) is 0 Å². The van der Waals surface area contributed by atoms with Gasteiger partial charge in [-0.2, -0.15) is 0 Å². The molecule has 0 spiro atoms. The highest BCUT2D eigenvalue weighted by molar-refractivity contribution is 5.81. The third-order valence-corrected chi connectivity index (χ3v) is 2.58. The molecule has 0 radical (unpaired) electrons. The molecule has 0 saturated heterocycles. The lowest BCUT2D eigenvalue weighted by molar-refractivity contribution is -0.132. The zero-order chi connectivity index (χ0) is 12.1. The molecular weight excluding hydrogens is 200 g/mol. The van der Waals surface area contributed by atoms with Crippen LogP contribution in [-0.4, -0.2) is 23.4 Å². The Balaban J connectivity index is 2.70. The summed E-state index contributed by atoms with van der Waals surface area (Å²) in [5.74, 6) is 0.00285. The van der Waals surface area contributed by atoms with Gasteiger partial charge in [0.1, 0.15) is 0 Å². The molecule has 0 unspecified atom stereocenters. The van der Waals surface area contributed by atoms with Gasteiger partial charge in [0, 0.05) is 13.1 Å². The van der Waals surface area contributed by atoms with Gasteiger partial charge >= 0.3 is 0 Å². The quantitative estimate of drug-likeness (QED) is 0.839. The molecule has 0 saturated carbocycles. The predicted octanol–water partition coefficient (Wildman–Crippen LogP) is 1.69. The van der Waals surface area contributed by atoms with Crippen LogP contribution in [0, 0.1) is 6.92 Å². The third kappa shape index (κ3) is 3.35. The number of carbonyl (C=O) groups excluding carboxylic acids is 1. The lowest BCUT2D eigenvalue weighted by Gasteiger charge is -2.22. The summed E-state index contributed by atoms with van der Waals surface area (Å²) in [7, 11) is 0. The fraction of sp³-hybridized carbons (Fsp3) is 0.462. The van der Waals surface area contributed by atoms with E-state index in [0.29, 0.717) is 13.1 Å². The highest BCUT2D eigenvalue weighted by Crippen LogP contribution is 2.07. The molecule has 0 aliphatic heterocycles. The summed E-state index contributed by atoms with van der Waals surface area (Å²) in [4.78, 5) is 13.5. The largest absolute Gasteiger partial charge is 0.337 e. The van der Waals surface area contributed by atoms with E-state index in [9.17, 15) is 4.79 Å². The van der Waals surface area contributed by atoms with Gasteiger partial charge in [-0.1, -0.05) is 29.8 Å². The molecule has 0 aliphatic rings. The van der Waals surface area contributed by atoms with E-state index >= 15 is 0 Å². The molecule has 1 amide bonds. The van der Waals surface area contributed by atoms with Gasteiger partial charge in [0.2, 0.25) is 5.91 Å². The molecule has 0 heterocycles. The Labute approximate surface area is 97.2 Å². The van der Waals surface area contributed by atoms with Crippen LogP contribution in [-0.2, 0) is 11.3 Å². The number of hydrogen-bond donors (Lipinski definition) is 1. The summed E-state index contributed by atoms with van der Waals surface area (Å²) in [6, 6.07) is 7.78. The number of rotatable bonds is 4. The molecular formula is C13H20N2O. The van der Waals surface area contributed by atoms with Crippen molar-refractivity contribution in [1.82, 2.24) is 4.90 Å². The molecule has 1 aromatic rings. The number of amides is 1. The lowest BCUT2D eigenvalue weighted by atomic mass is 10.1. The van der Waals surface area contributed by atoms with Crippen LogP contribution in [0.1, 0.15) is 25.0 Å². The normalized spacial score (nSPS) is 12.2. The molecule has 1 rings (SSSR count). The zero-order valence-electron chi connectivity index (χ0n) is 10.2. The minimum Gasteiger partial charge on any atom is -0.337 e. The summed E-state index contributed by atoms with van der Waals surface area (Å²) in [6.45, 7) is 7.06. The first-order valence-electron chi connectivity index (χ1n) is 5.64. The van der Waals surface area contributed by atoms with E-state index in [4.69, 9.17) is 5.73 Å². The van der Waals surface area contributed by atoms with Gasteiger partial charge in [-0.05, 0) is 26.3 Å². The zero-order valence-corrected chi connectivity index (χ0v) is 10.2. The van der Waals surface area contributed by atoms with Gasteiger partial charge in [0.05, 0.1) is 6.04 Å². The number of carbonyl (C=O) groups is 1. The number of likely N-dealkylation sites (N-methyl/N-ethyl adjacent to an activating group) is 1. The van der Waals surface area contributed by atoms with Crippen LogP contribution in [0.25, 0.3) is 0 Å². The van der Waals surface area contributed by atoms with E-state index in [-0.39, 0.29) is 5.91 Å². The summed E-state index contributed by atoms with van der Waals surface area (Å²) in [6.07, 6.45) is 0. The van der Waals surface area contributed by atoms with Crippen LogP contribution in [0.2, 0.25) is 0 Å². The molecule has 0 bridgehead atoms. The van der Waals surface area contributed by atoms with Crippen LogP contribution >= 0.6 is 0 Å². The van der Waals surface area contributed by atoms with Crippen LogP contribution < -0.4 is 5.73 Å². The van der Waals surface area contributed by atoms with Crippen molar-refractivity contribution in [1.29, 1.82) is 0 Å². The number of hydrogen-bond acceptors (Lipinski definition) is 2. The Morgan fingerprint density at radius 2 is 1.94 bits per heavy atom. The maximum atomic E-state index is 11.7. The Kier molecular flexibility index (Phi) is 4.50. The summed E-state index contributed by atoms with van der Waals surface area (Å²) >= 11 is 0. The molecule has 2 N–H and O–H groups in total. The van der Waals surface area contributed by atoms with Gasteiger partial charge in [0.15, 0.2) is 0 Å². The molecule has 16 heavy (non-hydrogen) atoms. The summed E-state index contributed by atoms with van der Waals surface area (Å²) in [5.41, 5.74) is 7.97. The highest BCUT2D eigenvalue weighted by Gasteiger charge is 2.15. The van der Waals surface area contributed by atoms with Crippen molar-refractivity contribution in [3.8, 4) is 0 Å². The minimum atomic E-state index is -0.426. The second-order valence-electron chi connectivity index (χ2n) is 4.13. The molecule has 1 aromatic carbocycles. The first kappa shape index (κ1) is 12.7. The third-order valence-electron chi connectivity index (χ3n) is 2.58. The maximum absolute atomic E-state index is 11.7. The van der Waals surface area contributed by atoms with E-state index in [1.54, 1.807) is 11.8 Å². The van der Waals surface area contributed by atoms with Crippen molar-refractivity contribution in [2.45, 2.75) is 33.4 Å². The van der Waals surface area contributed by atoms with Crippen LogP contribution in [0.3, 0.4) is 0 Å². The lowest BCUT2D eigenvalue weighted by Crippen LogP contribution is -2.41. The Hall–Kier alpha value is -1.35. The number of nitrogens with zero attached hydrogens (tertiary/aromatic N) is 1. The van der Waals surface area contributed by atoms with Crippen molar-refractivity contribution in [2.75, 3.05) is 6.54 Å². The second kappa shape index (κ2) is 5.66. The second-order valence-corrected chi connectivity index (χ2v) is 4.13. The smallest absolute Gasteiger partial charge is 0.239 e. The molecule has 3 heteroatoms. The fourth-order valence-electron chi connectivity index (χ4n) is 1.55. The Morgan fingerprint density at radius 1 is 1.38 bits per heavy atom. The van der Waals surface area contributed by atoms with E-state index in [1.807, 2.05) is 19.1 Å². The first-order chi connectivity index (χ1) is 7.54. The van der Waals surface area contributed by atoms with E-state index in [2.05, 4.69) is 19.1 Å². The van der Waals surface area contributed by atoms with Crippen molar-refractivity contribution in [2.24, 2.45) is 5.73 Å². The van der Waals surface area contributed by atoms with E-state index in [0.717, 1.165) is 5.56 Å². The topological polar surface area (TPSA) is 46.3 Å². The average molecular weight is 220 g/mol. The maximum Gasteiger partial charge on any atom is 0.239 e. The molecule has 88 valence electrons. The van der Waals surface area contributed by atoms with E-state index < -0.39 is 6.04 Å². The number of benzene rings is 1. The highest BCUT2D eigenvalue weighted by atomic mass is 16.2.